The van der Waals surface area contributed by atoms with Gasteiger partial charge in [0, 0.05) is 11.3 Å². The van der Waals surface area contributed by atoms with Gasteiger partial charge in [-0.3, -0.25) is 4.79 Å². The minimum absolute atomic E-state index is 0.0609. The maximum absolute atomic E-state index is 13.5. The predicted octanol–water partition coefficient (Wildman–Crippen LogP) is 3.35. The number of nitrogens with zero attached hydrogens (tertiary/aromatic N) is 1. The standard InChI is InChI=1S/C16H15ClFN3O/c1-11-5-7-12(8-6-11)19-10-16(22)21-20-9-13-14(17)3-2-4-15(13)18/h2-9,19H,10H2,1H3,(H,21,22)/b20-9+. The maximum atomic E-state index is 13.5. The number of anilines is 1. The van der Waals surface area contributed by atoms with Gasteiger partial charge in [0.25, 0.3) is 5.91 Å². The highest BCUT2D eigenvalue weighted by atomic mass is 35.5. The van der Waals surface area contributed by atoms with Crippen LogP contribution in [0.25, 0.3) is 0 Å². The minimum atomic E-state index is -0.497. The molecule has 0 fully saturated rings. The van der Waals surface area contributed by atoms with Crippen molar-refractivity contribution in [2.45, 2.75) is 6.92 Å². The van der Waals surface area contributed by atoms with E-state index in [9.17, 15) is 9.18 Å². The van der Waals surface area contributed by atoms with Crippen molar-refractivity contribution in [3.8, 4) is 0 Å². The molecule has 0 unspecified atom stereocenters. The van der Waals surface area contributed by atoms with Crippen LogP contribution in [0.2, 0.25) is 5.02 Å². The molecule has 0 saturated heterocycles. The molecule has 0 saturated carbocycles. The van der Waals surface area contributed by atoms with Crippen LogP contribution in [0.3, 0.4) is 0 Å². The minimum Gasteiger partial charge on any atom is -0.376 e. The first-order chi connectivity index (χ1) is 10.6. The molecule has 6 heteroatoms. The Morgan fingerprint density at radius 3 is 2.68 bits per heavy atom. The average molecular weight is 320 g/mol. The molecule has 4 nitrogen and oxygen atoms in total. The Morgan fingerprint density at radius 2 is 2.00 bits per heavy atom. The molecular weight excluding hydrogens is 305 g/mol. The Kier molecular flexibility index (Phi) is 5.49. The summed E-state index contributed by atoms with van der Waals surface area (Å²) in [6.07, 6.45) is 1.18. The lowest BCUT2D eigenvalue weighted by Crippen LogP contribution is -2.25. The first kappa shape index (κ1) is 16.0. The largest absolute Gasteiger partial charge is 0.376 e. The maximum Gasteiger partial charge on any atom is 0.259 e. The van der Waals surface area contributed by atoms with Crippen molar-refractivity contribution in [3.63, 3.8) is 0 Å². The van der Waals surface area contributed by atoms with E-state index < -0.39 is 5.82 Å². The van der Waals surface area contributed by atoms with Gasteiger partial charge in [0.2, 0.25) is 0 Å². The number of benzene rings is 2. The highest BCUT2D eigenvalue weighted by molar-refractivity contribution is 6.33. The Morgan fingerprint density at radius 1 is 1.27 bits per heavy atom. The fraction of sp³-hybridized carbons (Fsp3) is 0.125. The van der Waals surface area contributed by atoms with Gasteiger partial charge in [-0.1, -0.05) is 35.4 Å². The molecule has 2 aromatic carbocycles. The molecule has 0 spiro atoms. The van der Waals surface area contributed by atoms with Crippen LogP contribution in [0.5, 0.6) is 0 Å². The van der Waals surface area contributed by atoms with E-state index in [2.05, 4.69) is 15.8 Å². The second-order valence-electron chi connectivity index (χ2n) is 4.65. The Bertz CT molecular complexity index is 666. The Labute approximate surface area is 133 Å². The third kappa shape index (κ3) is 4.56. The number of amides is 1. The lowest BCUT2D eigenvalue weighted by atomic mass is 10.2. The van der Waals surface area contributed by atoms with Crippen molar-refractivity contribution in [1.82, 2.24) is 5.43 Å². The number of hydrazone groups is 1. The van der Waals surface area contributed by atoms with Crippen molar-refractivity contribution in [3.05, 3.63) is 64.4 Å². The SMILES string of the molecule is Cc1ccc(NCC(=O)N/N=C/c2c(F)cccc2Cl)cc1. The molecule has 0 aliphatic carbocycles. The quantitative estimate of drug-likeness (QED) is 0.656. The summed E-state index contributed by atoms with van der Waals surface area (Å²) in [5.74, 6) is -0.840. The molecular formula is C16H15ClFN3O. The second kappa shape index (κ2) is 7.56. The second-order valence-corrected chi connectivity index (χ2v) is 5.06. The fourth-order valence-electron chi connectivity index (χ4n) is 1.70. The van der Waals surface area contributed by atoms with E-state index in [1.165, 1.54) is 18.3 Å². The first-order valence-electron chi connectivity index (χ1n) is 6.63. The number of hydrogen-bond acceptors (Lipinski definition) is 3. The van der Waals surface area contributed by atoms with E-state index in [0.717, 1.165) is 11.3 Å². The molecule has 114 valence electrons. The van der Waals surface area contributed by atoms with E-state index in [-0.39, 0.29) is 23.0 Å². The Balaban J connectivity index is 1.85. The number of carbonyl (C=O) groups excluding carboxylic acids is 1. The van der Waals surface area contributed by atoms with Crippen LogP contribution < -0.4 is 10.7 Å². The van der Waals surface area contributed by atoms with E-state index in [4.69, 9.17) is 11.6 Å². The summed E-state index contributed by atoms with van der Waals surface area (Å²) in [6.45, 7) is 2.05. The molecule has 0 bridgehead atoms. The van der Waals surface area contributed by atoms with Crippen LogP contribution in [0, 0.1) is 12.7 Å². The fourth-order valence-corrected chi connectivity index (χ4v) is 1.91. The molecule has 2 aromatic rings. The smallest absolute Gasteiger partial charge is 0.259 e. The van der Waals surface area contributed by atoms with Gasteiger partial charge in [-0.2, -0.15) is 5.10 Å². The average Bonchev–Trinajstić information content (AvgIpc) is 2.50. The van der Waals surface area contributed by atoms with Gasteiger partial charge < -0.3 is 5.32 Å². The highest BCUT2D eigenvalue weighted by Gasteiger charge is 2.04. The molecule has 0 aromatic heterocycles. The monoisotopic (exact) mass is 319 g/mol. The van der Waals surface area contributed by atoms with Gasteiger partial charge in [-0.05, 0) is 31.2 Å². The van der Waals surface area contributed by atoms with Crippen LogP contribution in [0.15, 0.2) is 47.6 Å². The number of halogens is 2. The van der Waals surface area contributed by atoms with Gasteiger partial charge in [0.1, 0.15) is 5.82 Å². The van der Waals surface area contributed by atoms with Crippen molar-refractivity contribution in [1.29, 1.82) is 0 Å². The summed E-state index contributed by atoms with van der Waals surface area (Å²) in [5, 5.41) is 6.89. The summed E-state index contributed by atoms with van der Waals surface area (Å²) in [7, 11) is 0. The zero-order chi connectivity index (χ0) is 15.9. The summed E-state index contributed by atoms with van der Waals surface area (Å²) in [4.78, 5) is 11.6. The number of hydrogen-bond donors (Lipinski definition) is 2. The number of aryl methyl sites for hydroxylation is 1. The predicted molar refractivity (Wildman–Crippen MR) is 86.8 cm³/mol. The topological polar surface area (TPSA) is 53.5 Å². The number of nitrogens with one attached hydrogen (secondary N) is 2. The van der Waals surface area contributed by atoms with Gasteiger partial charge in [-0.15, -0.1) is 0 Å². The van der Waals surface area contributed by atoms with Crippen molar-refractivity contribution in [2.75, 3.05) is 11.9 Å². The van der Waals surface area contributed by atoms with Crippen molar-refractivity contribution < 1.29 is 9.18 Å². The van der Waals surface area contributed by atoms with Crippen molar-refractivity contribution >= 4 is 29.4 Å². The number of carbonyl (C=O) groups is 1. The summed E-state index contributed by atoms with van der Waals surface area (Å²) in [6, 6.07) is 12.0. The van der Waals surface area contributed by atoms with Gasteiger partial charge in [0.05, 0.1) is 17.8 Å². The van der Waals surface area contributed by atoms with E-state index in [0.29, 0.717) is 0 Å². The van der Waals surface area contributed by atoms with Crippen molar-refractivity contribution in [2.24, 2.45) is 5.10 Å². The van der Waals surface area contributed by atoms with Crippen LogP contribution in [0.1, 0.15) is 11.1 Å². The summed E-state index contributed by atoms with van der Waals surface area (Å²) >= 11 is 5.84. The zero-order valence-corrected chi connectivity index (χ0v) is 12.7. The third-order valence-electron chi connectivity index (χ3n) is 2.89. The van der Waals surface area contributed by atoms with Crippen LogP contribution in [0.4, 0.5) is 10.1 Å². The molecule has 0 aliphatic heterocycles. The molecule has 0 atom stereocenters. The lowest BCUT2D eigenvalue weighted by Gasteiger charge is -2.05. The van der Waals surface area contributed by atoms with E-state index in [1.807, 2.05) is 31.2 Å². The normalized spacial score (nSPS) is 10.7. The molecule has 0 aliphatic rings. The van der Waals surface area contributed by atoms with E-state index in [1.54, 1.807) is 6.07 Å². The van der Waals surface area contributed by atoms with Crippen LogP contribution in [-0.4, -0.2) is 18.7 Å². The first-order valence-corrected chi connectivity index (χ1v) is 7.00. The lowest BCUT2D eigenvalue weighted by molar-refractivity contribution is -0.119. The Hall–Kier alpha value is -2.40. The third-order valence-corrected chi connectivity index (χ3v) is 3.22. The van der Waals surface area contributed by atoms with Gasteiger partial charge in [-0.25, -0.2) is 9.82 Å². The molecule has 2 N–H and O–H groups in total. The van der Waals surface area contributed by atoms with E-state index >= 15 is 0 Å². The number of rotatable bonds is 5. The molecule has 0 heterocycles. The van der Waals surface area contributed by atoms with Gasteiger partial charge >= 0.3 is 0 Å². The van der Waals surface area contributed by atoms with Gasteiger partial charge in [0.15, 0.2) is 0 Å². The van der Waals surface area contributed by atoms with Crippen LogP contribution >= 0.6 is 11.6 Å². The molecule has 2 rings (SSSR count). The molecule has 22 heavy (non-hydrogen) atoms. The highest BCUT2D eigenvalue weighted by Crippen LogP contribution is 2.16. The molecule has 1 amide bonds. The molecule has 0 radical (unpaired) electrons. The summed E-state index contributed by atoms with van der Waals surface area (Å²) in [5.41, 5.74) is 4.42. The van der Waals surface area contributed by atoms with Crippen LogP contribution in [-0.2, 0) is 4.79 Å². The zero-order valence-electron chi connectivity index (χ0n) is 11.9. The summed E-state index contributed by atoms with van der Waals surface area (Å²) < 4.78 is 13.5.